The van der Waals surface area contributed by atoms with E-state index in [1.807, 2.05) is 19.3 Å². The van der Waals surface area contributed by atoms with Crippen molar-refractivity contribution in [3.63, 3.8) is 0 Å². The van der Waals surface area contributed by atoms with Gasteiger partial charge in [-0.2, -0.15) is 0 Å². The molecule has 1 N–H and O–H groups in total. The summed E-state index contributed by atoms with van der Waals surface area (Å²) in [6.07, 6.45) is 5.45. The zero-order valence-electron chi connectivity index (χ0n) is 17.3. The maximum Gasteiger partial charge on any atom is 0.225 e. The van der Waals surface area contributed by atoms with Crippen LogP contribution in [0.2, 0.25) is 0 Å². The first kappa shape index (κ1) is 22.5. The summed E-state index contributed by atoms with van der Waals surface area (Å²) in [6, 6.07) is 6.04. The molecule has 4 rings (SSSR count). The van der Waals surface area contributed by atoms with Crippen LogP contribution in [0.25, 0.3) is 0 Å². The van der Waals surface area contributed by atoms with Crippen LogP contribution in [0.4, 0.5) is 11.8 Å². The van der Waals surface area contributed by atoms with Gasteiger partial charge in [-0.25, -0.2) is 15.0 Å². The number of piperazine rings is 1. The lowest BCUT2D eigenvalue weighted by Crippen LogP contribution is -2.52. The molecule has 30 heavy (non-hydrogen) atoms. The van der Waals surface area contributed by atoms with Gasteiger partial charge >= 0.3 is 0 Å². The zero-order chi connectivity index (χ0) is 19.9. The molecule has 4 heterocycles. The van der Waals surface area contributed by atoms with Gasteiger partial charge in [0.2, 0.25) is 5.95 Å². The van der Waals surface area contributed by atoms with Crippen molar-refractivity contribution < 1.29 is 4.74 Å². The Bertz CT molecular complexity index is 807. The van der Waals surface area contributed by atoms with Crippen molar-refractivity contribution in [3.8, 4) is 0 Å². The molecule has 0 radical (unpaired) electrons. The first-order chi connectivity index (χ1) is 14.3. The predicted octanol–water partition coefficient (Wildman–Crippen LogP) is 1.22. The molecular weight excluding hydrogens is 495 g/mol. The number of anilines is 2. The number of aromatic nitrogens is 3. The summed E-state index contributed by atoms with van der Waals surface area (Å²) in [5, 5.41) is 3.50. The van der Waals surface area contributed by atoms with Gasteiger partial charge in [0.05, 0.1) is 13.2 Å². The number of guanidine groups is 1. The Kier molecular flexibility index (Phi) is 8.43. The van der Waals surface area contributed by atoms with E-state index in [-0.39, 0.29) is 24.0 Å². The van der Waals surface area contributed by atoms with E-state index < -0.39 is 0 Å². The van der Waals surface area contributed by atoms with E-state index in [1.165, 1.54) is 5.56 Å². The Balaban J connectivity index is 0.00000256. The van der Waals surface area contributed by atoms with Crippen molar-refractivity contribution >= 4 is 41.7 Å². The van der Waals surface area contributed by atoms with Crippen LogP contribution in [0, 0.1) is 0 Å². The van der Waals surface area contributed by atoms with Gasteiger partial charge in [0, 0.05) is 71.5 Å². The van der Waals surface area contributed by atoms with Gasteiger partial charge < -0.3 is 24.8 Å². The summed E-state index contributed by atoms with van der Waals surface area (Å²) < 4.78 is 5.43. The third-order valence-corrected chi connectivity index (χ3v) is 5.22. The van der Waals surface area contributed by atoms with Gasteiger partial charge in [0.15, 0.2) is 5.96 Å². The summed E-state index contributed by atoms with van der Waals surface area (Å²) in [5.41, 5.74) is 1.19. The van der Waals surface area contributed by atoms with E-state index in [0.717, 1.165) is 70.2 Å². The van der Waals surface area contributed by atoms with E-state index in [4.69, 9.17) is 4.74 Å². The molecule has 10 heteroatoms. The lowest BCUT2D eigenvalue weighted by molar-refractivity contribution is 0.122. The van der Waals surface area contributed by atoms with E-state index >= 15 is 0 Å². The summed E-state index contributed by atoms with van der Waals surface area (Å²) in [7, 11) is 1.83. The van der Waals surface area contributed by atoms with Gasteiger partial charge in [0.1, 0.15) is 5.82 Å². The van der Waals surface area contributed by atoms with Crippen LogP contribution in [0.1, 0.15) is 5.56 Å². The number of pyridine rings is 1. The van der Waals surface area contributed by atoms with Crippen molar-refractivity contribution in [2.24, 2.45) is 4.99 Å². The van der Waals surface area contributed by atoms with Crippen molar-refractivity contribution in [2.75, 3.05) is 69.3 Å². The number of nitrogens with one attached hydrogen (secondary N) is 1. The van der Waals surface area contributed by atoms with Crippen LogP contribution in [-0.4, -0.2) is 85.3 Å². The average Bonchev–Trinajstić information content (AvgIpc) is 2.81. The standard InChI is InChI=1S/C20H28N8O.HI/c1-21-19(27-7-9-28(10-8-27)20-23-4-2-5-24-20)25-16-17-3-6-22-18(15-17)26-11-13-29-14-12-26;/h2-6,15H,7-14,16H2,1H3,(H,21,25);1H. The number of aliphatic imine (C=N–C) groups is 1. The number of hydrogen-bond acceptors (Lipinski definition) is 7. The number of halogens is 1. The number of ether oxygens (including phenoxy) is 1. The molecule has 0 unspecified atom stereocenters. The topological polar surface area (TPSA) is 82.0 Å². The monoisotopic (exact) mass is 524 g/mol. The minimum atomic E-state index is 0. The molecule has 2 aromatic rings. The fraction of sp³-hybridized carbons (Fsp3) is 0.500. The molecule has 0 aromatic carbocycles. The molecule has 0 aliphatic carbocycles. The molecule has 0 spiro atoms. The molecule has 2 aromatic heterocycles. The highest BCUT2D eigenvalue weighted by molar-refractivity contribution is 14.0. The summed E-state index contributed by atoms with van der Waals surface area (Å²) in [5.74, 6) is 2.73. The van der Waals surface area contributed by atoms with E-state index in [1.54, 1.807) is 12.4 Å². The highest BCUT2D eigenvalue weighted by atomic mass is 127. The largest absolute Gasteiger partial charge is 0.378 e. The molecule has 2 fully saturated rings. The third kappa shape index (κ3) is 5.69. The second kappa shape index (κ2) is 11.3. The van der Waals surface area contributed by atoms with Crippen molar-refractivity contribution in [1.82, 2.24) is 25.2 Å². The van der Waals surface area contributed by atoms with E-state index in [9.17, 15) is 0 Å². The Morgan fingerprint density at radius 2 is 1.73 bits per heavy atom. The highest BCUT2D eigenvalue weighted by Crippen LogP contribution is 2.15. The maximum atomic E-state index is 5.43. The predicted molar refractivity (Wildman–Crippen MR) is 129 cm³/mol. The van der Waals surface area contributed by atoms with E-state index in [2.05, 4.69) is 52.1 Å². The molecule has 162 valence electrons. The van der Waals surface area contributed by atoms with Crippen LogP contribution < -0.4 is 15.1 Å². The van der Waals surface area contributed by atoms with Crippen LogP contribution >= 0.6 is 24.0 Å². The second-order valence-electron chi connectivity index (χ2n) is 7.05. The Hall–Kier alpha value is -2.21. The lowest BCUT2D eigenvalue weighted by Gasteiger charge is -2.36. The zero-order valence-corrected chi connectivity index (χ0v) is 19.6. The van der Waals surface area contributed by atoms with Crippen LogP contribution in [0.15, 0.2) is 41.8 Å². The Labute approximate surface area is 194 Å². The molecule has 0 saturated carbocycles. The molecule has 2 aliphatic rings. The molecule has 0 amide bonds. The third-order valence-electron chi connectivity index (χ3n) is 5.22. The second-order valence-corrected chi connectivity index (χ2v) is 7.05. The molecule has 2 aliphatic heterocycles. The van der Waals surface area contributed by atoms with E-state index in [0.29, 0.717) is 6.54 Å². The quantitative estimate of drug-likeness (QED) is 0.364. The first-order valence-corrected chi connectivity index (χ1v) is 10.1. The highest BCUT2D eigenvalue weighted by Gasteiger charge is 2.21. The van der Waals surface area contributed by atoms with Gasteiger partial charge in [0.25, 0.3) is 0 Å². The van der Waals surface area contributed by atoms with Gasteiger partial charge in [-0.1, -0.05) is 0 Å². The molecule has 2 saturated heterocycles. The van der Waals surface area contributed by atoms with Crippen LogP contribution in [0.3, 0.4) is 0 Å². The van der Waals surface area contributed by atoms with Crippen molar-refractivity contribution in [1.29, 1.82) is 0 Å². The first-order valence-electron chi connectivity index (χ1n) is 10.1. The van der Waals surface area contributed by atoms with Crippen LogP contribution in [0.5, 0.6) is 0 Å². The number of rotatable bonds is 4. The number of hydrogen-bond donors (Lipinski definition) is 1. The summed E-state index contributed by atoms with van der Waals surface area (Å²) >= 11 is 0. The Morgan fingerprint density at radius 1 is 1.00 bits per heavy atom. The molecule has 9 nitrogen and oxygen atoms in total. The van der Waals surface area contributed by atoms with Gasteiger partial charge in [-0.05, 0) is 23.8 Å². The SMILES string of the molecule is CN=C(NCc1ccnc(N2CCOCC2)c1)N1CCN(c2ncccn2)CC1.I. The fourth-order valence-corrected chi connectivity index (χ4v) is 3.62. The van der Waals surface area contributed by atoms with Crippen molar-refractivity contribution in [3.05, 3.63) is 42.4 Å². The summed E-state index contributed by atoms with van der Waals surface area (Å²) in [6.45, 7) is 7.53. The number of morpholine rings is 1. The smallest absolute Gasteiger partial charge is 0.225 e. The lowest BCUT2D eigenvalue weighted by atomic mass is 10.2. The average molecular weight is 524 g/mol. The van der Waals surface area contributed by atoms with Gasteiger partial charge in [-0.3, -0.25) is 4.99 Å². The molecular formula is C20H29IN8O. The Morgan fingerprint density at radius 3 is 2.43 bits per heavy atom. The normalized spacial score (nSPS) is 17.5. The molecule has 0 bridgehead atoms. The molecule has 0 atom stereocenters. The summed E-state index contributed by atoms with van der Waals surface area (Å²) in [4.78, 5) is 24.5. The van der Waals surface area contributed by atoms with Crippen LogP contribution in [-0.2, 0) is 11.3 Å². The maximum absolute atomic E-state index is 5.43. The minimum absolute atomic E-state index is 0. The van der Waals surface area contributed by atoms with Crippen molar-refractivity contribution in [2.45, 2.75) is 6.54 Å². The minimum Gasteiger partial charge on any atom is -0.378 e. The number of nitrogens with zero attached hydrogens (tertiary/aromatic N) is 7. The van der Waals surface area contributed by atoms with Gasteiger partial charge in [-0.15, -0.1) is 24.0 Å². The fourth-order valence-electron chi connectivity index (χ4n) is 3.62.